The quantitative estimate of drug-likeness (QED) is 0.0188. The number of sulfone groups is 2. The summed E-state index contributed by atoms with van der Waals surface area (Å²) in [5.74, 6) is 1.53. The van der Waals surface area contributed by atoms with Gasteiger partial charge in [0, 0.05) is 160 Å². The van der Waals surface area contributed by atoms with Crippen molar-refractivity contribution in [1.82, 2.24) is 83.1 Å². The van der Waals surface area contributed by atoms with Gasteiger partial charge in [-0.3, -0.25) is 4.79 Å². The van der Waals surface area contributed by atoms with Crippen molar-refractivity contribution in [1.29, 1.82) is 0 Å². The molecular formula is C103H139N17O10S4. The molecular weight excluding hydrogens is 1760 g/mol. The van der Waals surface area contributed by atoms with E-state index in [1.54, 1.807) is 48.1 Å². The Bertz CT molecular complexity index is 6640. The van der Waals surface area contributed by atoms with E-state index in [4.69, 9.17) is 4.74 Å². The lowest BCUT2D eigenvalue weighted by atomic mass is 9.89. The normalized spacial score (nSPS) is 16.1. The molecule has 14 aromatic rings. The topological polar surface area (TPSA) is 323 Å². The second-order valence-corrected chi connectivity index (χ2v) is 46.1. The number of benzene rings is 7. The number of carbonyl (C=O) groups excluding carboxylic acids is 1. The molecule has 0 unspecified atom stereocenters. The van der Waals surface area contributed by atoms with E-state index in [0.717, 1.165) is 152 Å². The fraction of sp³-hybridized carbons (Fsp3) is 0.447. The fourth-order valence-electron chi connectivity index (χ4n) is 18.1. The van der Waals surface area contributed by atoms with Crippen LogP contribution in [0.5, 0.6) is 0 Å². The van der Waals surface area contributed by atoms with E-state index >= 15 is 0 Å². The molecule has 4 aliphatic heterocycles. The van der Waals surface area contributed by atoms with Gasteiger partial charge in [-0.05, 0) is 345 Å². The van der Waals surface area contributed by atoms with Gasteiger partial charge < -0.3 is 64.0 Å². The number of carbonyl (C=O) groups is 1. The van der Waals surface area contributed by atoms with E-state index in [9.17, 15) is 38.5 Å². The molecule has 720 valence electrons. The number of sulfonamides is 2. The maximum Gasteiger partial charge on any atom is 0.306 e. The molecule has 4 aliphatic rings. The molecule has 0 saturated carbocycles. The smallest absolute Gasteiger partial charge is 0.306 e. The van der Waals surface area contributed by atoms with Crippen LogP contribution < -0.4 is 4.72 Å². The minimum atomic E-state index is -3.25. The maximum atomic E-state index is 12.5. The zero-order chi connectivity index (χ0) is 95.3. The largest absolute Gasteiger partial charge is 0.465 e. The molecule has 0 spiro atoms. The second kappa shape index (κ2) is 47.1. The van der Waals surface area contributed by atoms with Crippen molar-refractivity contribution in [3.63, 3.8) is 0 Å². The molecule has 134 heavy (non-hydrogen) atoms. The zero-order valence-corrected chi connectivity index (χ0v) is 83.5. The van der Waals surface area contributed by atoms with Crippen molar-refractivity contribution in [2.24, 2.45) is 5.92 Å². The van der Waals surface area contributed by atoms with Gasteiger partial charge in [0.15, 0.2) is 19.7 Å². The number of hydrogen-bond donors (Lipinski definition) is 7. The predicted molar refractivity (Wildman–Crippen MR) is 545 cm³/mol. The Labute approximate surface area is 792 Å². The Morgan fingerprint density at radius 2 is 0.903 bits per heavy atom. The van der Waals surface area contributed by atoms with Gasteiger partial charge in [-0.25, -0.2) is 52.4 Å². The molecule has 4 fully saturated rings. The first kappa shape index (κ1) is 101. The summed E-state index contributed by atoms with van der Waals surface area (Å²) in [6.45, 7) is 11.9. The number of nitrogens with one attached hydrogen (secondary N) is 7. The SMILES string of the molecule is CCS(=O)(=O)Cc1ccc2[nH]cc(CCN(C)C)c2c1.CN(C)CCc1c[nH]c2ccc(CS(=O)(=O)N3CCCC3)cc12.CN(C)CCc1c[nH]c2ccc(C[C@H]3COC(=O)C3)cc12.CN(C)CCc1c[nH]c2ccc(Cn3cncn3)cc12.CN1CCC[C@@H]1Cc1c[nH]c2ccc(CCS(=O)(=O)c3ccccc3)cc12.CNS(=O)(=O)CCc1ccc2[nH]cc(C3CCN(C)CC3)c2c1. The van der Waals surface area contributed by atoms with Crippen molar-refractivity contribution in [3.05, 3.63) is 256 Å². The van der Waals surface area contributed by atoms with Gasteiger partial charge in [0.2, 0.25) is 20.0 Å². The Morgan fingerprint density at radius 1 is 0.463 bits per heavy atom. The number of H-pyrrole nitrogens is 6. The first-order valence-corrected chi connectivity index (χ1v) is 53.8. The van der Waals surface area contributed by atoms with Crippen LogP contribution in [0.4, 0.5) is 0 Å². The van der Waals surface area contributed by atoms with Crippen molar-refractivity contribution < 1.29 is 43.2 Å². The van der Waals surface area contributed by atoms with Crippen LogP contribution in [-0.2, 0) is 119 Å². The van der Waals surface area contributed by atoms with Crippen LogP contribution >= 0.6 is 0 Å². The highest BCUT2D eigenvalue weighted by Crippen LogP contribution is 2.35. The molecule has 27 nitrogen and oxygen atoms in total. The third-order valence-corrected chi connectivity index (χ3v) is 32.8. The third-order valence-electron chi connectivity index (χ3n) is 26.2. The number of nitrogens with zero attached hydrogens (tertiary/aromatic N) is 10. The van der Waals surface area contributed by atoms with Crippen LogP contribution in [0.25, 0.3) is 65.4 Å². The highest BCUT2D eigenvalue weighted by Gasteiger charge is 2.29. The van der Waals surface area contributed by atoms with Crippen LogP contribution in [-0.4, -0.2) is 284 Å². The number of aromatic amines is 6. The number of aryl methyl sites for hydroxylation is 2. The van der Waals surface area contributed by atoms with Gasteiger partial charge in [-0.2, -0.15) is 5.10 Å². The molecule has 7 aromatic carbocycles. The molecule has 0 radical (unpaired) electrons. The van der Waals surface area contributed by atoms with Crippen molar-refractivity contribution in [3.8, 4) is 0 Å². The first-order chi connectivity index (χ1) is 64.2. The summed E-state index contributed by atoms with van der Waals surface area (Å²) in [5, 5.41) is 11.5. The fourth-order valence-corrected chi connectivity index (χ4v) is 22.6. The monoisotopic (exact) mass is 1900 g/mol. The molecule has 18 rings (SSSR count). The summed E-state index contributed by atoms with van der Waals surface area (Å²) in [5.41, 5.74) is 21.1. The number of likely N-dealkylation sites (tertiary alicyclic amines) is 2. The summed E-state index contributed by atoms with van der Waals surface area (Å²) in [6, 6.07) is 46.7. The zero-order valence-electron chi connectivity index (χ0n) is 80.2. The molecule has 7 N–H and O–H groups in total. The van der Waals surface area contributed by atoms with Crippen LogP contribution in [0.1, 0.15) is 125 Å². The minimum absolute atomic E-state index is 0.0607. The van der Waals surface area contributed by atoms with Gasteiger partial charge in [0.05, 0.1) is 47.5 Å². The van der Waals surface area contributed by atoms with Crippen molar-refractivity contribution in [2.75, 3.05) is 160 Å². The highest BCUT2D eigenvalue weighted by molar-refractivity contribution is 7.91. The van der Waals surface area contributed by atoms with E-state index in [1.165, 1.54) is 116 Å². The number of rotatable bonds is 33. The molecule has 0 aliphatic carbocycles. The van der Waals surface area contributed by atoms with E-state index in [2.05, 4.69) is 216 Å². The summed E-state index contributed by atoms with van der Waals surface area (Å²) < 4.78 is 108. The number of likely N-dealkylation sites (N-methyl/N-ethyl adjacent to an activating group) is 5. The van der Waals surface area contributed by atoms with E-state index < -0.39 is 39.7 Å². The molecule has 4 saturated heterocycles. The maximum absolute atomic E-state index is 12.5. The number of piperidine rings is 1. The standard InChI is InChI=1S/C22H26N2O2S.2C17H25N3O2S.C17H22N2O2.C15H19N5.C15H22N2O2S/c1-24-12-5-6-19(24)15-18-16-23-22-10-9-17(14-21(18)22)11-13-27(25,26)20-7-3-2-4-8-20;1-18-23(21,22)10-7-13-3-4-17-15(11-13)16(12-19-17)14-5-8-20(2)9-6-14;1-19(2)10-7-15-12-18-17-6-5-14(11-16(15)17)13-23(21,22)20-8-3-4-9-20;1-19(2)6-5-14-10-18-16-4-3-12(8-15(14)16)7-13-9-17(20)21-11-13;1-19(2)6-5-13-8-17-15-4-3-12(7-14(13)15)9-20-11-16-10-18-20;1-4-20(18,19)11-12-5-6-15-14(9-12)13(10-16-15)7-8-17(2)3/h2-4,7-10,14,16,19,23H,5-6,11-13,15H2,1H3;3-4,11-12,14,18-19H,5-10H2,1-2H3;5-6,11-12,18H,3-4,7-10,13H2,1-2H3;3-4,8,10,13,18H,5-7,9,11H2,1-2H3;3-4,7-8,10-11,17H,5-6,9H2,1-2H3;5-6,9-10,16H,4,7-8,11H2,1-3H3/t19-;;;13-;;/m1..1../s1. The Hall–Kier alpha value is -10.1. The Balaban J connectivity index is 0.000000137. The summed E-state index contributed by atoms with van der Waals surface area (Å²) in [4.78, 5) is 49.0. The lowest BCUT2D eigenvalue weighted by Crippen LogP contribution is -2.29. The number of aromatic nitrogens is 9. The lowest BCUT2D eigenvalue weighted by Gasteiger charge is -2.28. The van der Waals surface area contributed by atoms with E-state index in [-0.39, 0.29) is 34.7 Å². The first-order valence-electron chi connectivity index (χ1n) is 47.1. The molecule has 2 atom stereocenters. The molecule has 7 aromatic heterocycles. The summed E-state index contributed by atoms with van der Waals surface area (Å²) in [6.07, 6.45) is 30.3. The number of esters is 1. The second-order valence-electron chi connectivity index (χ2n) is 37.6. The summed E-state index contributed by atoms with van der Waals surface area (Å²) in [7, 11) is 9.87. The van der Waals surface area contributed by atoms with Gasteiger partial charge >= 0.3 is 5.97 Å². The molecule has 0 amide bonds. The van der Waals surface area contributed by atoms with Gasteiger partial charge in [-0.15, -0.1) is 0 Å². The van der Waals surface area contributed by atoms with Gasteiger partial charge in [0.25, 0.3) is 0 Å². The predicted octanol–water partition coefficient (Wildman–Crippen LogP) is 14.6. The van der Waals surface area contributed by atoms with Crippen LogP contribution in [0.3, 0.4) is 0 Å². The minimum Gasteiger partial charge on any atom is -0.465 e. The average Bonchev–Trinajstić information content (AvgIpc) is 1.65. The number of fused-ring (bicyclic) bond motifs is 6. The van der Waals surface area contributed by atoms with Crippen LogP contribution in [0, 0.1) is 5.92 Å². The Kier molecular flexibility index (Phi) is 35.6. The van der Waals surface area contributed by atoms with Crippen molar-refractivity contribution >= 4 is 111 Å². The molecule has 0 bridgehead atoms. The number of ether oxygens (including phenoxy) is 1. The third kappa shape index (κ3) is 28.7. The molecule has 11 heterocycles. The number of hydrogen-bond acceptors (Lipinski definition) is 18. The number of cyclic esters (lactones) is 1. The van der Waals surface area contributed by atoms with Gasteiger partial charge in [-0.1, -0.05) is 61.5 Å². The highest BCUT2D eigenvalue weighted by atomic mass is 32.2. The summed E-state index contributed by atoms with van der Waals surface area (Å²) >= 11 is 0. The van der Waals surface area contributed by atoms with Crippen molar-refractivity contribution in [2.45, 2.75) is 138 Å². The van der Waals surface area contributed by atoms with E-state index in [1.807, 2.05) is 85.8 Å². The van der Waals surface area contributed by atoms with Crippen LogP contribution in [0.15, 0.2) is 194 Å². The molecule has 31 heteroatoms. The lowest BCUT2D eigenvalue weighted by molar-refractivity contribution is -0.137. The average molecular weight is 1900 g/mol. The Morgan fingerprint density at radius 3 is 1.37 bits per heavy atom. The van der Waals surface area contributed by atoms with Crippen LogP contribution in [0.2, 0.25) is 0 Å². The van der Waals surface area contributed by atoms with E-state index in [0.29, 0.717) is 61.7 Å². The van der Waals surface area contributed by atoms with Gasteiger partial charge in [0.1, 0.15) is 12.7 Å².